The van der Waals surface area contributed by atoms with Crippen LogP contribution in [-0.4, -0.2) is 23.6 Å². The zero-order valence-corrected chi connectivity index (χ0v) is 15.0. The number of nitrogens with one attached hydrogen (secondary N) is 1. The Labute approximate surface area is 128 Å². The van der Waals surface area contributed by atoms with E-state index in [2.05, 4.69) is 63.7 Å². The van der Waals surface area contributed by atoms with Gasteiger partial charge in [0.1, 0.15) is 0 Å². The Morgan fingerprint density at radius 2 is 1.75 bits per heavy atom. The topological polar surface area (TPSA) is 28.2 Å². The predicted octanol–water partition coefficient (Wildman–Crippen LogP) is 4.29. The van der Waals surface area contributed by atoms with Crippen LogP contribution in [0.3, 0.4) is 0 Å². The summed E-state index contributed by atoms with van der Waals surface area (Å²) < 4.78 is 0. The minimum Gasteiger partial charge on any atom is -0.349 e. The maximum atomic E-state index is 4.54. The summed E-state index contributed by atoms with van der Waals surface area (Å²) in [5.74, 6) is 0. The van der Waals surface area contributed by atoms with Gasteiger partial charge in [-0.3, -0.25) is 0 Å². The van der Waals surface area contributed by atoms with Crippen LogP contribution < -0.4 is 10.2 Å². The molecule has 0 unspecified atom stereocenters. The summed E-state index contributed by atoms with van der Waals surface area (Å²) >= 11 is 1.80. The van der Waals surface area contributed by atoms with E-state index >= 15 is 0 Å². The van der Waals surface area contributed by atoms with Crippen LogP contribution >= 0.6 is 11.3 Å². The summed E-state index contributed by atoms with van der Waals surface area (Å²) in [5, 5.41) is 4.81. The quantitative estimate of drug-likeness (QED) is 0.813. The lowest BCUT2D eigenvalue weighted by Gasteiger charge is -2.33. The summed E-state index contributed by atoms with van der Waals surface area (Å²) in [6, 6.07) is 0. The molecule has 4 heteroatoms. The van der Waals surface area contributed by atoms with Crippen molar-refractivity contribution in [3.05, 3.63) is 11.1 Å². The molecule has 0 aliphatic carbocycles. The first-order chi connectivity index (χ1) is 9.17. The molecule has 116 valence electrons. The standard InChI is InChI=1S/C16H31N3S/c1-8-19(9-2)14-17-10-13(20-14)11-18-16(6,7)12-15(3,4)5/h10,18H,8-9,11-12H2,1-7H3. The lowest BCUT2D eigenvalue weighted by atomic mass is 9.82. The zero-order chi connectivity index (χ0) is 15.4. The summed E-state index contributed by atoms with van der Waals surface area (Å²) in [5.41, 5.74) is 0.494. The minimum atomic E-state index is 0.150. The molecule has 0 spiro atoms. The van der Waals surface area contributed by atoms with Gasteiger partial charge in [-0.25, -0.2) is 4.98 Å². The van der Waals surface area contributed by atoms with Crippen molar-refractivity contribution in [1.82, 2.24) is 10.3 Å². The molecule has 0 saturated carbocycles. The van der Waals surface area contributed by atoms with Gasteiger partial charge in [0, 0.05) is 36.2 Å². The van der Waals surface area contributed by atoms with Gasteiger partial charge in [0.2, 0.25) is 0 Å². The largest absolute Gasteiger partial charge is 0.349 e. The summed E-state index contributed by atoms with van der Waals surface area (Å²) in [4.78, 5) is 8.15. The lowest BCUT2D eigenvalue weighted by molar-refractivity contribution is 0.241. The van der Waals surface area contributed by atoms with Crippen molar-refractivity contribution in [2.24, 2.45) is 5.41 Å². The van der Waals surface area contributed by atoms with E-state index in [0.717, 1.165) is 31.2 Å². The van der Waals surface area contributed by atoms with Crippen LogP contribution in [0, 0.1) is 5.41 Å². The average molecular weight is 298 g/mol. The van der Waals surface area contributed by atoms with Gasteiger partial charge in [0.25, 0.3) is 0 Å². The molecule has 1 rings (SSSR count). The average Bonchev–Trinajstić information content (AvgIpc) is 2.74. The van der Waals surface area contributed by atoms with Crippen molar-refractivity contribution >= 4 is 16.5 Å². The molecule has 1 aromatic heterocycles. The molecule has 0 radical (unpaired) electrons. The van der Waals surface area contributed by atoms with Gasteiger partial charge in [-0.05, 0) is 39.5 Å². The smallest absolute Gasteiger partial charge is 0.185 e. The minimum absolute atomic E-state index is 0.150. The molecule has 0 saturated heterocycles. The van der Waals surface area contributed by atoms with Gasteiger partial charge >= 0.3 is 0 Å². The molecule has 1 heterocycles. The molecule has 0 amide bonds. The first kappa shape index (κ1) is 17.4. The number of aromatic nitrogens is 1. The van der Waals surface area contributed by atoms with Gasteiger partial charge in [-0.1, -0.05) is 20.8 Å². The monoisotopic (exact) mass is 297 g/mol. The van der Waals surface area contributed by atoms with Gasteiger partial charge in [0.15, 0.2) is 5.13 Å². The van der Waals surface area contributed by atoms with Crippen LogP contribution in [0.2, 0.25) is 0 Å². The van der Waals surface area contributed by atoms with Crippen molar-refractivity contribution in [1.29, 1.82) is 0 Å². The first-order valence-corrected chi connectivity index (χ1v) is 8.43. The number of anilines is 1. The molecule has 0 fully saturated rings. The van der Waals surface area contributed by atoms with E-state index < -0.39 is 0 Å². The maximum absolute atomic E-state index is 4.54. The Bertz CT molecular complexity index is 400. The van der Waals surface area contributed by atoms with Crippen molar-refractivity contribution in [3.8, 4) is 0 Å². The molecule has 0 atom stereocenters. The van der Waals surface area contributed by atoms with Crippen LogP contribution in [0.1, 0.15) is 59.8 Å². The number of nitrogens with zero attached hydrogens (tertiary/aromatic N) is 2. The SMILES string of the molecule is CCN(CC)c1ncc(CNC(C)(C)CC(C)(C)C)s1. The third kappa shape index (κ3) is 5.80. The number of rotatable bonds is 7. The highest BCUT2D eigenvalue weighted by Crippen LogP contribution is 2.28. The summed E-state index contributed by atoms with van der Waals surface area (Å²) in [6.45, 7) is 18.7. The molecule has 1 aromatic rings. The second kappa shape index (κ2) is 6.90. The highest BCUT2D eigenvalue weighted by atomic mass is 32.1. The van der Waals surface area contributed by atoms with Crippen molar-refractivity contribution < 1.29 is 0 Å². The second-order valence-corrected chi connectivity index (χ2v) is 8.35. The first-order valence-electron chi connectivity index (χ1n) is 7.61. The van der Waals surface area contributed by atoms with Crippen LogP contribution in [0.15, 0.2) is 6.20 Å². The molecular weight excluding hydrogens is 266 g/mol. The molecule has 20 heavy (non-hydrogen) atoms. The van der Waals surface area contributed by atoms with E-state index in [0.29, 0.717) is 5.41 Å². The third-order valence-electron chi connectivity index (χ3n) is 3.29. The van der Waals surface area contributed by atoms with Crippen molar-refractivity contribution in [3.63, 3.8) is 0 Å². The zero-order valence-electron chi connectivity index (χ0n) is 14.2. The Kier molecular flexibility index (Phi) is 6.02. The molecule has 1 N–H and O–H groups in total. The van der Waals surface area contributed by atoms with Gasteiger partial charge in [-0.15, -0.1) is 11.3 Å². The molecule has 0 aliphatic rings. The highest BCUT2D eigenvalue weighted by molar-refractivity contribution is 7.15. The van der Waals surface area contributed by atoms with E-state index in [1.54, 1.807) is 11.3 Å². The van der Waals surface area contributed by atoms with E-state index in [4.69, 9.17) is 0 Å². The predicted molar refractivity (Wildman–Crippen MR) is 90.7 cm³/mol. The lowest BCUT2D eigenvalue weighted by Crippen LogP contribution is -2.41. The van der Waals surface area contributed by atoms with E-state index in [1.165, 1.54) is 4.88 Å². The van der Waals surface area contributed by atoms with Gasteiger partial charge < -0.3 is 10.2 Å². The van der Waals surface area contributed by atoms with Crippen LogP contribution in [0.5, 0.6) is 0 Å². The Morgan fingerprint density at radius 3 is 2.25 bits per heavy atom. The summed E-state index contributed by atoms with van der Waals surface area (Å²) in [6.07, 6.45) is 3.17. The number of hydrogen-bond acceptors (Lipinski definition) is 4. The maximum Gasteiger partial charge on any atom is 0.185 e. The molecule has 3 nitrogen and oxygen atoms in total. The van der Waals surface area contributed by atoms with E-state index in [9.17, 15) is 0 Å². The third-order valence-corrected chi connectivity index (χ3v) is 4.35. The fourth-order valence-electron chi connectivity index (χ4n) is 2.73. The van der Waals surface area contributed by atoms with Gasteiger partial charge in [-0.2, -0.15) is 0 Å². The fraction of sp³-hybridized carbons (Fsp3) is 0.812. The van der Waals surface area contributed by atoms with Crippen molar-refractivity contribution in [2.45, 2.75) is 67.0 Å². The molecule has 0 aromatic carbocycles. The molecule has 0 aliphatic heterocycles. The second-order valence-electron chi connectivity index (χ2n) is 7.26. The van der Waals surface area contributed by atoms with Gasteiger partial charge in [0.05, 0.1) is 0 Å². The number of hydrogen-bond donors (Lipinski definition) is 1. The van der Waals surface area contributed by atoms with Crippen molar-refractivity contribution in [2.75, 3.05) is 18.0 Å². The highest BCUT2D eigenvalue weighted by Gasteiger charge is 2.25. The Morgan fingerprint density at radius 1 is 1.15 bits per heavy atom. The van der Waals surface area contributed by atoms with Crippen LogP contribution in [0.25, 0.3) is 0 Å². The summed E-state index contributed by atoms with van der Waals surface area (Å²) in [7, 11) is 0. The van der Waals surface area contributed by atoms with Crippen LogP contribution in [0.4, 0.5) is 5.13 Å². The van der Waals surface area contributed by atoms with E-state index in [-0.39, 0.29) is 5.54 Å². The number of thiazole rings is 1. The fourth-order valence-corrected chi connectivity index (χ4v) is 3.71. The normalized spacial score (nSPS) is 12.8. The Balaban J connectivity index is 2.58. The molecular formula is C16H31N3S. The van der Waals surface area contributed by atoms with E-state index in [1.807, 2.05) is 6.20 Å². The Hall–Kier alpha value is -0.610. The molecule has 0 bridgehead atoms. The van der Waals surface area contributed by atoms with Crippen LogP contribution in [-0.2, 0) is 6.54 Å².